The van der Waals surface area contributed by atoms with Gasteiger partial charge in [-0.25, -0.2) is 4.79 Å². The molecule has 0 fully saturated rings. The Hall–Kier alpha value is -2.54. The van der Waals surface area contributed by atoms with Gasteiger partial charge in [-0.1, -0.05) is 43.7 Å². The molecule has 6 nitrogen and oxygen atoms in total. The van der Waals surface area contributed by atoms with Crippen molar-refractivity contribution in [2.45, 2.75) is 41.2 Å². The van der Waals surface area contributed by atoms with Crippen LogP contribution in [0.3, 0.4) is 0 Å². The molecule has 0 saturated carbocycles. The van der Waals surface area contributed by atoms with E-state index in [0.29, 0.717) is 13.1 Å². The van der Waals surface area contributed by atoms with Crippen molar-refractivity contribution < 1.29 is 17.4 Å². The molecule has 0 radical (unpaired) electrons. The predicted molar refractivity (Wildman–Crippen MR) is 117 cm³/mol. The molecule has 0 atom stereocenters. The first kappa shape index (κ1) is 22.7. The molecule has 2 rings (SSSR count). The van der Waals surface area contributed by atoms with Crippen LogP contribution < -0.4 is 9.50 Å². The summed E-state index contributed by atoms with van der Waals surface area (Å²) in [4.78, 5) is 14.7. The van der Waals surface area contributed by atoms with Crippen molar-refractivity contribution in [1.82, 2.24) is 4.90 Å². The molecule has 0 unspecified atom stereocenters. The molecule has 0 bridgehead atoms. The summed E-state index contributed by atoms with van der Waals surface area (Å²) in [5.41, 5.74) is 3.71. The lowest BCUT2D eigenvalue weighted by atomic mass is 10.1. The van der Waals surface area contributed by atoms with Gasteiger partial charge in [0.25, 0.3) is 0 Å². The summed E-state index contributed by atoms with van der Waals surface area (Å²) in [6, 6.07) is 12.5. The van der Waals surface area contributed by atoms with E-state index >= 15 is 0 Å². The summed E-state index contributed by atoms with van der Waals surface area (Å²) < 4.78 is 28.5. The maximum absolute atomic E-state index is 12.9. The van der Waals surface area contributed by atoms with Gasteiger partial charge in [-0.3, -0.25) is 0 Å². The van der Waals surface area contributed by atoms with Gasteiger partial charge in [0.1, 0.15) is 5.75 Å². The highest BCUT2D eigenvalue weighted by Crippen LogP contribution is 2.20. The average Bonchev–Trinajstić information content (AvgIpc) is 2.63. The van der Waals surface area contributed by atoms with Crippen molar-refractivity contribution in [2.24, 2.45) is 5.92 Å². The van der Waals surface area contributed by atoms with E-state index in [0.717, 1.165) is 22.4 Å². The Labute approximate surface area is 174 Å². The molecule has 0 spiro atoms. The Morgan fingerprint density at radius 1 is 1.14 bits per heavy atom. The number of amides is 2. The van der Waals surface area contributed by atoms with Gasteiger partial charge in [0, 0.05) is 18.8 Å². The van der Waals surface area contributed by atoms with Gasteiger partial charge in [-0.05, 0) is 56.0 Å². The van der Waals surface area contributed by atoms with Gasteiger partial charge in [0.15, 0.2) is 0 Å². The minimum absolute atomic E-state index is 0.102. The van der Waals surface area contributed by atoms with E-state index in [9.17, 15) is 13.2 Å². The zero-order valence-corrected chi connectivity index (χ0v) is 18.5. The van der Waals surface area contributed by atoms with Gasteiger partial charge < -0.3 is 14.4 Å². The number of anilines is 1. The maximum atomic E-state index is 12.9. The fourth-order valence-electron chi connectivity index (χ4n) is 2.93. The summed E-state index contributed by atoms with van der Waals surface area (Å²) in [5, 5.41) is 2.98. The minimum atomic E-state index is -3.60. The van der Waals surface area contributed by atoms with Crippen LogP contribution in [0.2, 0.25) is 0 Å². The van der Waals surface area contributed by atoms with Crippen LogP contribution >= 0.6 is 0 Å². The van der Waals surface area contributed by atoms with Crippen LogP contribution in [0.25, 0.3) is 0 Å². The monoisotopic (exact) mass is 418 g/mol. The highest BCUT2D eigenvalue weighted by atomic mass is 32.2. The number of hydrogen-bond acceptors (Lipinski definition) is 4. The molecule has 0 saturated heterocycles. The quantitative estimate of drug-likeness (QED) is 0.629. The second-order valence-corrected chi connectivity index (χ2v) is 9.46. The molecule has 29 heavy (non-hydrogen) atoms. The van der Waals surface area contributed by atoms with Gasteiger partial charge in [0.2, 0.25) is 0 Å². The standard InChI is InChI=1S/C22H30N2O4S/c1-6-29(26,27)28-20-9-7-8-19(13-20)15-24(14-16(2)3)22(25)23-21-11-10-17(4)12-18(21)5/h7-13,16H,6,14-15H2,1-5H3,(H,23,25). The van der Waals surface area contributed by atoms with Crippen molar-refractivity contribution in [3.05, 3.63) is 59.2 Å². The predicted octanol–water partition coefficient (Wildman–Crippen LogP) is 4.72. The lowest BCUT2D eigenvalue weighted by Crippen LogP contribution is -2.37. The van der Waals surface area contributed by atoms with Gasteiger partial charge in [-0.2, -0.15) is 8.42 Å². The molecule has 7 heteroatoms. The van der Waals surface area contributed by atoms with Crippen LogP contribution in [0, 0.1) is 19.8 Å². The Balaban J connectivity index is 2.19. The van der Waals surface area contributed by atoms with E-state index in [4.69, 9.17) is 4.18 Å². The van der Waals surface area contributed by atoms with E-state index in [1.165, 1.54) is 6.92 Å². The highest BCUT2D eigenvalue weighted by Gasteiger charge is 2.17. The third-order valence-electron chi connectivity index (χ3n) is 4.34. The molecule has 2 aromatic carbocycles. The van der Waals surface area contributed by atoms with Crippen LogP contribution in [0.15, 0.2) is 42.5 Å². The molecular formula is C22H30N2O4S. The lowest BCUT2D eigenvalue weighted by Gasteiger charge is -2.25. The van der Waals surface area contributed by atoms with Crippen LogP contribution in [0.4, 0.5) is 10.5 Å². The summed E-state index contributed by atoms with van der Waals surface area (Å²) in [5.74, 6) is 0.429. The van der Waals surface area contributed by atoms with Crippen molar-refractivity contribution in [3.8, 4) is 5.75 Å². The van der Waals surface area contributed by atoms with E-state index in [1.54, 1.807) is 23.1 Å². The number of hydrogen-bond donors (Lipinski definition) is 1. The summed E-state index contributed by atoms with van der Waals surface area (Å²) in [6.45, 7) is 10.5. The Kier molecular flexibility index (Phi) is 7.67. The Bertz CT molecular complexity index is 955. The number of aryl methyl sites for hydroxylation is 2. The number of nitrogens with zero attached hydrogens (tertiary/aromatic N) is 1. The van der Waals surface area contributed by atoms with Crippen molar-refractivity contribution in [2.75, 3.05) is 17.6 Å². The normalized spacial score (nSPS) is 11.4. The molecule has 1 N–H and O–H groups in total. The number of nitrogens with one attached hydrogen (secondary N) is 1. The summed E-state index contributed by atoms with van der Waals surface area (Å²) in [6.07, 6.45) is 0. The number of carbonyl (C=O) groups excluding carboxylic acids is 1. The third-order valence-corrected chi connectivity index (χ3v) is 5.50. The molecular weight excluding hydrogens is 388 g/mol. The van der Waals surface area contributed by atoms with Gasteiger partial charge in [0.05, 0.1) is 5.75 Å². The van der Waals surface area contributed by atoms with Crippen molar-refractivity contribution in [3.63, 3.8) is 0 Å². The molecule has 0 aliphatic rings. The largest absolute Gasteiger partial charge is 0.382 e. The third kappa shape index (κ3) is 7.09. The number of rotatable bonds is 8. The zero-order valence-electron chi connectivity index (χ0n) is 17.7. The molecule has 0 heterocycles. The van der Waals surface area contributed by atoms with E-state index in [2.05, 4.69) is 5.32 Å². The topological polar surface area (TPSA) is 75.7 Å². The summed E-state index contributed by atoms with van der Waals surface area (Å²) >= 11 is 0. The Morgan fingerprint density at radius 2 is 1.86 bits per heavy atom. The van der Waals surface area contributed by atoms with E-state index < -0.39 is 10.1 Å². The van der Waals surface area contributed by atoms with Crippen LogP contribution in [0.1, 0.15) is 37.5 Å². The Morgan fingerprint density at radius 3 is 2.48 bits per heavy atom. The molecule has 0 aliphatic heterocycles. The number of urea groups is 1. The van der Waals surface area contributed by atoms with Crippen molar-refractivity contribution >= 4 is 21.8 Å². The smallest absolute Gasteiger partial charge is 0.322 e. The molecule has 2 amide bonds. The molecule has 0 aliphatic carbocycles. The molecule has 2 aromatic rings. The fraction of sp³-hybridized carbons (Fsp3) is 0.409. The first-order chi connectivity index (χ1) is 13.6. The van der Waals surface area contributed by atoms with Crippen LogP contribution in [0.5, 0.6) is 5.75 Å². The van der Waals surface area contributed by atoms with Crippen molar-refractivity contribution in [1.29, 1.82) is 0 Å². The minimum Gasteiger partial charge on any atom is -0.382 e. The van der Waals surface area contributed by atoms with E-state index in [1.807, 2.05) is 52.0 Å². The van der Waals surface area contributed by atoms with E-state index in [-0.39, 0.29) is 23.5 Å². The fourth-order valence-corrected chi connectivity index (χ4v) is 3.44. The zero-order chi connectivity index (χ0) is 21.6. The second-order valence-electron chi connectivity index (χ2n) is 7.60. The first-order valence-corrected chi connectivity index (χ1v) is 11.3. The number of benzene rings is 2. The highest BCUT2D eigenvalue weighted by molar-refractivity contribution is 7.87. The number of carbonyl (C=O) groups is 1. The van der Waals surface area contributed by atoms with Gasteiger partial charge in [-0.15, -0.1) is 0 Å². The van der Waals surface area contributed by atoms with Gasteiger partial charge >= 0.3 is 16.1 Å². The SMILES string of the molecule is CCS(=O)(=O)Oc1cccc(CN(CC(C)C)C(=O)Nc2ccc(C)cc2C)c1. The first-order valence-electron chi connectivity index (χ1n) is 9.74. The average molecular weight is 419 g/mol. The molecule has 0 aromatic heterocycles. The second kappa shape index (κ2) is 9.78. The molecule has 158 valence electrons. The summed E-state index contributed by atoms with van der Waals surface area (Å²) in [7, 11) is -3.60. The maximum Gasteiger partial charge on any atom is 0.322 e. The van der Waals surface area contributed by atoms with Crippen LogP contribution in [-0.4, -0.2) is 31.6 Å². The van der Waals surface area contributed by atoms with Crippen LogP contribution in [-0.2, 0) is 16.7 Å². The lowest BCUT2D eigenvalue weighted by molar-refractivity contribution is 0.201.